The van der Waals surface area contributed by atoms with Crippen molar-refractivity contribution in [2.75, 3.05) is 69.3 Å². The lowest BCUT2D eigenvalue weighted by Gasteiger charge is -2.36. The van der Waals surface area contributed by atoms with E-state index in [-0.39, 0.29) is 5.91 Å². The van der Waals surface area contributed by atoms with E-state index in [2.05, 4.69) is 37.1 Å². The Hall–Kier alpha value is -3.01. The SMILES string of the molecule is COc1ccc(N2CCN(c3cc(Cl)nc(SCc4cccc(C(=O)NCCN5CCCCC5)c4)n3)CC2)cc1. The van der Waals surface area contributed by atoms with Gasteiger partial charge in [0.1, 0.15) is 16.7 Å². The highest BCUT2D eigenvalue weighted by Gasteiger charge is 2.20. The molecule has 3 heterocycles. The lowest BCUT2D eigenvalue weighted by atomic mass is 10.1. The summed E-state index contributed by atoms with van der Waals surface area (Å²) in [5.74, 6) is 2.33. The maximum atomic E-state index is 12.7. The molecule has 2 aromatic carbocycles. The van der Waals surface area contributed by atoms with Crippen molar-refractivity contribution in [1.29, 1.82) is 0 Å². The number of likely N-dealkylation sites (tertiary alicyclic amines) is 1. The van der Waals surface area contributed by atoms with Gasteiger partial charge in [-0.05, 0) is 67.9 Å². The Labute approximate surface area is 246 Å². The molecule has 5 rings (SSSR count). The molecule has 2 saturated heterocycles. The molecular formula is C30H37ClN6O2S. The Morgan fingerprint density at radius 2 is 1.70 bits per heavy atom. The summed E-state index contributed by atoms with van der Waals surface area (Å²) < 4.78 is 5.28. The van der Waals surface area contributed by atoms with Crippen LogP contribution >= 0.6 is 23.4 Å². The van der Waals surface area contributed by atoms with E-state index in [9.17, 15) is 4.79 Å². The fraction of sp³-hybridized carbons (Fsp3) is 0.433. The number of carbonyl (C=O) groups is 1. The smallest absolute Gasteiger partial charge is 0.251 e. The van der Waals surface area contributed by atoms with E-state index in [0.717, 1.165) is 62.9 Å². The Morgan fingerprint density at radius 3 is 2.45 bits per heavy atom. The molecule has 1 aromatic heterocycles. The van der Waals surface area contributed by atoms with Crippen molar-refractivity contribution in [1.82, 2.24) is 20.2 Å². The summed E-state index contributed by atoms with van der Waals surface area (Å²) in [5.41, 5.74) is 2.92. The summed E-state index contributed by atoms with van der Waals surface area (Å²) in [6, 6.07) is 17.8. The number of nitrogens with zero attached hydrogens (tertiary/aromatic N) is 5. The van der Waals surface area contributed by atoms with Crippen LogP contribution in [0.5, 0.6) is 5.75 Å². The van der Waals surface area contributed by atoms with Crippen LogP contribution in [0.15, 0.2) is 59.8 Å². The third-order valence-corrected chi connectivity index (χ3v) is 8.53. The van der Waals surface area contributed by atoms with Gasteiger partial charge in [0.2, 0.25) is 0 Å². The molecule has 0 spiro atoms. The van der Waals surface area contributed by atoms with Crippen LogP contribution in [-0.2, 0) is 5.75 Å². The molecule has 0 unspecified atom stereocenters. The molecule has 0 radical (unpaired) electrons. The summed E-state index contributed by atoms with van der Waals surface area (Å²) in [4.78, 5) is 29.0. The number of hydrogen-bond acceptors (Lipinski definition) is 8. The fourth-order valence-electron chi connectivity index (χ4n) is 5.16. The first-order chi connectivity index (χ1) is 19.6. The van der Waals surface area contributed by atoms with Crippen LogP contribution in [0.3, 0.4) is 0 Å². The lowest BCUT2D eigenvalue weighted by Crippen LogP contribution is -2.46. The molecule has 212 valence electrons. The van der Waals surface area contributed by atoms with Gasteiger partial charge >= 0.3 is 0 Å². The molecule has 0 atom stereocenters. The molecule has 8 nitrogen and oxygen atoms in total. The van der Waals surface area contributed by atoms with Crippen molar-refractivity contribution < 1.29 is 9.53 Å². The van der Waals surface area contributed by atoms with Crippen molar-refractivity contribution in [2.45, 2.75) is 30.2 Å². The number of hydrogen-bond donors (Lipinski definition) is 1. The van der Waals surface area contributed by atoms with E-state index in [1.54, 1.807) is 7.11 Å². The average molecular weight is 581 g/mol. The maximum absolute atomic E-state index is 12.7. The third-order valence-electron chi connectivity index (χ3n) is 7.42. The zero-order chi connectivity index (χ0) is 27.7. The number of methoxy groups -OCH3 is 1. The van der Waals surface area contributed by atoms with Gasteiger partial charge in [0.15, 0.2) is 5.16 Å². The van der Waals surface area contributed by atoms with Gasteiger partial charge in [-0.15, -0.1) is 0 Å². The minimum absolute atomic E-state index is 0.0288. The number of carbonyl (C=O) groups excluding carboxylic acids is 1. The number of nitrogens with one attached hydrogen (secondary N) is 1. The number of anilines is 2. The van der Waals surface area contributed by atoms with Gasteiger partial charge in [0.25, 0.3) is 5.91 Å². The number of piperazine rings is 1. The quantitative estimate of drug-likeness (QED) is 0.205. The minimum Gasteiger partial charge on any atom is -0.497 e. The van der Waals surface area contributed by atoms with E-state index in [0.29, 0.717) is 28.2 Å². The van der Waals surface area contributed by atoms with Gasteiger partial charge < -0.3 is 24.8 Å². The van der Waals surface area contributed by atoms with Crippen molar-refractivity contribution in [3.63, 3.8) is 0 Å². The third kappa shape index (κ3) is 7.80. The lowest BCUT2D eigenvalue weighted by molar-refractivity contribution is 0.0946. The van der Waals surface area contributed by atoms with Crippen LogP contribution < -0.4 is 19.9 Å². The van der Waals surface area contributed by atoms with Crippen LogP contribution in [0.4, 0.5) is 11.5 Å². The van der Waals surface area contributed by atoms with Gasteiger partial charge in [0, 0.05) is 62.3 Å². The second-order valence-corrected chi connectivity index (χ2v) is 11.5. The maximum Gasteiger partial charge on any atom is 0.251 e. The van der Waals surface area contributed by atoms with Gasteiger partial charge in [-0.1, -0.05) is 41.9 Å². The molecule has 40 heavy (non-hydrogen) atoms. The predicted octanol–water partition coefficient (Wildman–Crippen LogP) is 4.97. The highest BCUT2D eigenvalue weighted by atomic mass is 35.5. The summed E-state index contributed by atoms with van der Waals surface area (Å²) in [7, 11) is 1.68. The summed E-state index contributed by atoms with van der Waals surface area (Å²) in [6.07, 6.45) is 3.83. The first-order valence-corrected chi connectivity index (χ1v) is 15.3. The van der Waals surface area contributed by atoms with Crippen LogP contribution in [0.1, 0.15) is 35.2 Å². The average Bonchev–Trinajstić information content (AvgIpc) is 3.00. The normalized spacial score (nSPS) is 16.1. The Kier molecular flexibility index (Phi) is 10.0. The number of amides is 1. The highest BCUT2D eigenvalue weighted by Crippen LogP contribution is 2.27. The Bertz CT molecular complexity index is 1260. The molecule has 2 aliphatic heterocycles. The monoisotopic (exact) mass is 580 g/mol. The van der Waals surface area contributed by atoms with Crippen LogP contribution in [0.2, 0.25) is 5.15 Å². The molecule has 2 fully saturated rings. The largest absolute Gasteiger partial charge is 0.497 e. The van der Waals surface area contributed by atoms with Crippen molar-refractivity contribution >= 4 is 40.8 Å². The molecule has 0 aliphatic carbocycles. The molecule has 2 aliphatic rings. The number of rotatable bonds is 10. The van der Waals surface area contributed by atoms with E-state index in [1.807, 2.05) is 42.5 Å². The minimum atomic E-state index is -0.0288. The van der Waals surface area contributed by atoms with E-state index in [1.165, 1.54) is 36.7 Å². The Balaban J connectivity index is 1.13. The van der Waals surface area contributed by atoms with Crippen LogP contribution in [0, 0.1) is 0 Å². The summed E-state index contributed by atoms with van der Waals surface area (Å²) in [6.45, 7) is 7.33. The molecular weight excluding hydrogens is 544 g/mol. The highest BCUT2D eigenvalue weighted by molar-refractivity contribution is 7.98. The standard InChI is InChI=1S/C30H37ClN6O2S/c1-39-26-10-8-25(9-11-26)36-16-18-37(19-17-36)28-21-27(31)33-30(34-28)40-22-23-6-5-7-24(20-23)29(38)32-12-15-35-13-3-2-4-14-35/h5-11,20-21H,2-4,12-19,22H2,1H3,(H,32,38). The second kappa shape index (κ2) is 14.1. The first-order valence-electron chi connectivity index (χ1n) is 14.0. The molecule has 0 saturated carbocycles. The number of benzene rings is 2. The first kappa shape index (κ1) is 28.5. The van der Waals surface area contributed by atoms with Crippen molar-refractivity contribution in [3.8, 4) is 5.75 Å². The van der Waals surface area contributed by atoms with E-state index >= 15 is 0 Å². The molecule has 3 aromatic rings. The number of halogens is 1. The number of aromatic nitrogens is 2. The molecule has 0 bridgehead atoms. The topological polar surface area (TPSA) is 73.8 Å². The zero-order valence-corrected chi connectivity index (χ0v) is 24.6. The number of piperidine rings is 1. The van der Waals surface area contributed by atoms with Gasteiger partial charge in [0.05, 0.1) is 7.11 Å². The molecule has 10 heteroatoms. The number of ether oxygens (including phenoxy) is 1. The Morgan fingerprint density at radius 1 is 0.950 bits per heavy atom. The number of thioether (sulfide) groups is 1. The fourth-order valence-corrected chi connectivity index (χ4v) is 6.19. The van der Waals surface area contributed by atoms with Crippen LogP contribution in [0.25, 0.3) is 0 Å². The van der Waals surface area contributed by atoms with E-state index in [4.69, 9.17) is 21.3 Å². The summed E-state index contributed by atoms with van der Waals surface area (Å²) >= 11 is 7.94. The molecule has 1 amide bonds. The van der Waals surface area contributed by atoms with Crippen LogP contribution in [-0.4, -0.2) is 80.2 Å². The predicted molar refractivity (Wildman–Crippen MR) is 163 cm³/mol. The van der Waals surface area contributed by atoms with Crippen molar-refractivity contribution in [2.24, 2.45) is 0 Å². The van der Waals surface area contributed by atoms with Crippen molar-refractivity contribution in [3.05, 3.63) is 70.9 Å². The van der Waals surface area contributed by atoms with Gasteiger partial charge in [-0.3, -0.25) is 4.79 Å². The van der Waals surface area contributed by atoms with E-state index < -0.39 is 0 Å². The second-order valence-electron chi connectivity index (χ2n) is 10.2. The van der Waals surface area contributed by atoms with Gasteiger partial charge in [-0.25, -0.2) is 9.97 Å². The zero-order valence-electron chi connectivity index (χ0n) is 23.0. The molecule has 1 N–H and O–H groups in total. The van der Waals surface area contributed by atoms with Gasteiger partial charge in [-0.2, -0.15) is 0 Å². The summed E-state index contributed by atoms with van der Waals surface area (Å²) in [5, 5.41) is 4.15.